The summed E-state index contributed by atoms with van der Waals surface area (Å²) in [6, 6.07) is 8.47. The van der Waals surface area contributed by atoms with E-state index in [0.29, 0.717) is 13.1 Å². The van der Waals surface area contributed by atoms with E-state index in [1.54, 1.807) is 0 Å². The highest BCUT2D eigenvalue weighted by atomic mass is 16.2. The van der Waals surface area contributed by atoms with Gasteiger partial charge < -0.3 is 25.3 Å². The van der Waals surface area contributed by atoms with Gasteiger partial charge in [-0.2, -0.15) is 0 Å². The Morgan fingerprint density at radius 2 is 1.55 bits per heavy atom. The molecule has 1 aliphatic heterocycles. The second kappa shape index (κ2) is 12.6. The number of anilines is 1. The van der Waals surface area contributed by atoms with Crippen LogP contribution in [0.25, 0.3) is 0 Å². The van der Waals surface area contributed by atoms with Crippen LogP contribution in [0.3, 0.4) is 0 Å². The van der Waals surface area contributed by atoms with Gasteiger partial charge in [0, 0.05) is 65.6 Å². The average molecular weight is 433 g/mol. The fourth-order valence-electron chi connectivity index (χ4n) is 3.80. The van der Waals surface area contributed by atoms with Crippen molar-refractivity contribution in [3.05, 3.63) is 29.8 Å². The van der Waals surface area contributed by atoms with Gasteiger partial charge in [-0.15, -0.1) is 0 Å². The molecule has 1 heterocycles. The molecule has 2 amide bonds. The average Bonchev–Trinajstić information content (AvgIpc) is 2.78. The molecule has 1 saturated heterocycles. The molecule has 8 nitrogen and oxygen atoms in total. The third-order valence-electron chi connectivity index (χ3n) is 6.04. The lowest BCUT2D eigenvalue weighted by molar-refractivity contribution is -0.139. The van der Waals surface area contributed by atoms with Crippen molar-refractivity contribution in [2.24, 2.45) is 0 Å². The Morgan fingerprint density at radius 3 is 2.10 bits per heavy atom. The number of nitrogens with zero attached hydrogens (tertiary/aromatic N) is 4. The molecule has 0 radical (unpaired) electrons. The van der Waals surface area contributed by atoms with Crippen molar-refractivity contribution < 1.29 is 9.59 Å². The summed E-state index contributed by atoms with van der Waals surface area (Å²) in [6.45, 7) is 11.5. The van der Waals surface area contributed by atoms with E-state index < -0.39 is 11.8 Å². The van der Waals surface area contributed by atoms with E-state index in [2.05, 4.69) is 75.4 Å². The van der Waals surface area contributed by atoms with E-state index in [1.165, 1.54) is 0 Å². The van der Waals surface area contributed by atoms with Crippen molar-refractivity contribution in [3.63, 3.8) is 0 Å². The molecule has 0 unspecified atom stereocenters. The normalized spacial score (nSPS) is 16.2. The second-order valence-electron chi connectivity index (χ2n) is 8.33. The summed E-state index contributed by atoms with van der Waals surface area (Å²) in [7, 11) is 6.17. The van der Waals surface area contributed by atoms with Gasteiger partial charge in [0.2, 0.25) is 0 Å². The fraction of sp³-hybridized carbons (Fsp3) is 0.652. The predicted octanol–water partition coefficient (Wildman–Crippen LogP) is 0.615. The summed E-state index contributed by atoms with van der Waals surface area (Å²) in [5.41, 5.74) is 2.29. The summed E-state index contributed by atoms with van der Waals surface area (Å²) in [6.07, 6.45) is 0. The van der Waals surface area contributed by atoms with Gasteiger partial charge >= 0.3 is 11.8 Å². The number of hydrogen-bond acceptors (Lipinski definition) is 6. The third kappa shape index (κ3) is 7.79. The Morgan fingerprint density at radius 1 is 0.968 bits per heavy atom. The zero-order valence-electron chi connectivity index (χ0n) is 19.9. The van der Waals surface area contributed by atoms with E-state index in [4.69, 9.17) is 0 Å². The summed E-state index contributed by atoms with van der Waals surface area (Å²) in [5, 5.41) is 5.59. The molecular weight excluding hydrogens is 392 g/mol. The number of carbonyl (C=O) groups is 2. The quantitative estimate of drug-likeness (QED) is 0.528. The number of benzene rings is 1. The zero-order valence-corrected chi connectivity index (χ0v) is 19.9. The number of hydrogen-bond donors (Lipinski definition) is 2. The van der Waals surface area contributed by atoms with Crippen LogP contribution in [0.4, 0.5) is 5.69 Å². The van der Waals surface area contributed by atoms with Gasteiger partial charge in [-0.25, -0.2) is 0 Å². The van der Waals surface area contributed by atoms with E-state index in [0.717, 1.165) is 57.1 Å². The molecule has 1 fully saturated rings. The van der Waals surface area contributed by atoms with Crippen LogP contribution in [0.2, 0.25) is 0 Å². The molecule has 0 bridgehead atoms. The molecule has 0 spiro atoms. The second-order valence-corrected chi connectivity index (χ2v) is 8.33. The highest BCUT2D eigenvalue weighted by Crippen LogP contribution is 2.24. The first-order valence-electron chi connectivity index (χ1n) is 11.3. The first-order valence-corrected chi connectivity index (χ1v) is 11.3. The maximum Gasteiger partial charge on any atom is 0.309 e. The van der Waals surface area contributed by atoms with E-state index in [-0.39, 0.29) is 6.04 Å². The van der Waals surface area contributed by atoms with Gasteiger partial charge in [-0.05, 0) is 37.8 Å². The van der Waals surface area contributed by atoms with Crippen molar-refractivity contribution >= 4 is 17.5 Å². The van der Waals surface area contributed by atoms with Crippen LogP contribution in [-0.4, -0.2) is 107 Å². The van der Waals surface area contributed by atoms with Crippen LogP contribution in [0.5, 0.6) is 0 Å². The molecule has 174 valence electrons. The molecule has 1 aliphatic rings. The number of piperazine rings is 1. The molecular formula is C23H40N6O2. The molecule has 0 aromatic heterocycles. The SMILES string of the molecule is CCN(CC)CCNC(=O)C(=O)NC[C@@H](c1ccc(N(C)C)cc1)N1CCN(C)CC1. The lowest BCUT2D eigenvalue weighted by Crippen LogP contribution is -2.50. The molecule has 0 saturated carbocycles. The highest BCUT2D eigenvalue weighted by Gasteiger charge is 2.25. The standard InChI is InChI=1S/C23H40N6O2/c1-6-28(7-2)13-12-24-22(30)23(31)25-18-21(29-16-14-27(5)15-17-29)19-8-10-20(11-9-19)26(3)4/h8-11,21H,6-7,12-18H2,1-5H3,(H,24,30)(H,25,31)/t21-/m0/s1. The molecule has 8 heteroatoms. The minimum absolute atomic E-state index is 0.0392. The number of likely N-dealkylation sites (N-methyl/N-ethyl adjacent to an activating group) is 2. The maximum atomic E-state index is 12.4. The Bertz CT molecular complexity index is 682. The lowest BCUT2D eigenvalue weighted by atomic mass is 10.0. The summed E-state index contributed by atoms with van der Waals surface area (Å²) in [4.78, 5) is 33.6. The van der Waals surface area contributed by atoms with Crippen molar-refractivity contribution in [3.8, 4) is 0 Å². The van der Waals surface area contributed by atoms with Gasteiger partial charge in [0.15, 0.2) is 0 Å². The van der Waals surface area contributed by atoms with Crippen molar-refractivity contribution in [2.45, 2.75) is 19.9 Å². The van der Waals surface area contributed by atoms with Crippen LogP contribution in [0, 0.1) is 0 Å². The van der Waals surface area contributed by atoms with Gasteiger partial charge in [0.25, 0.3) is 0 Å². The number of amides is 2. The first kappa shape index (κ1) is 25.1. The molecule has 0 aliphatic carbocycles. The molecule has 1 aromatic rings. The monoisotopic (exact) mass is 432 g/mol. The van der Waals surface area contributed by atoms with Crippen molar-refractivity contribution in [2.75, 3.05) is 84.9 Å². The van der Waals surface area contributed by atoms with Crippen LogP contribution in [-0.2, 0) is 9.59 Å². The molecule has 2 N–H and O–H groups in total. The molecule has 2 rings (SSSR count). The first-order chi connectivity index (χ1) is 14.8. The number of nitrogens with one attached hydrogen (secondary N) is 2. The minimum Gasteiger partial charge on any atom is -0.378 e. The van der Waals surface area contributed by atoms with Gasteiger partial charge in [-0.3, -0.25) is 14.5 Å². The molecule has 1 aromatic carbocycles. The Kier molecular flexibility index (Phi) is 10.2. The summed E-state index contributed by atoms with van der Waals surface area (Å²) < 4.78 is 0. The summed E-state index contributed by atoms with van der Waals surface area (Å²) >= 11 is 0. The van der Waals surface area contributed by atoms with Gasteiger partial charge in [0.05, 0.1) is 6.04 Å². The van der Waals surface area contributed by atoms with Gasteiger partial charge in [0.1, 0.15) is 0 Å². The maximum absolute atomic E-state index is 12.4. The Hall–Kier alpha value is -2.16. The number of rotatable bonds is 10. The van der Waals surface area contributed by atoms with Gasteiger partial charge in [-0.1, -0.05) is 26.0 Å². The smallest absolute Gasteiger partial charge is 0.309 e. The minimum atomic E-state index is -0.566. The van der Waals surface area contributed by atoms with Crippen LogP contribution < -0.4 is 15.5 Å². The molecule has 1 atom stereocenters. The van der Waals surface area contributed by atoms with Crippen molar-refractivity contribution in [1.29, 1.82) is 0 Å². The zero-order chi connectivity index (χ0) is 22.8. The van der Waals surface area contributed by atoms with Crippen LogP contribution in [0.1, 0.15) is 25.5 Å². The fourth-order valence-corrected chi connectivity index (χ4v) is 3.80. The van der Waals surface area contributed by atoms with E-state index >= 15 is 0 Å². The summed E-state index contributed by atoms with van der Waals surface area (Å²) in [5.74, 6) is -1.13. The Labute approximate surface area is 187 Å². The van der Waals surface area contributed by atoms with Crippen LogP contribution >= 0.6 is 0 Å². The van der Waals surface area contributed by atoms with E-state index in [9.17, 15) is 9.59 Å². The third-order valence-corrected chi connectivity index (χ3v) is 6.04. The Balaban J connectivity index is 1.97. The highest BCUT2D eigenvalue weighted by molar-refractivity contribution is 6.35. The van der Waals surface area contributed by atoms with E-state index in [1.807, 2.05) is 14.1 Å². The largest absolute Gasteiger partial charge is 0.378 e. The topological polar surface area (TPSA) is 71.2 Å². The lowest BCUT2D eigenvalue weighted by Gasteiger charge is -2.38. The number of carbonyl (C=O) groups excluding carboxylic acids is 2. The van der Waals surface area contributed by atoms with Crippen LogP contribution in [0.15, 0.2) is 24.3 Å². The predicted molar refractivity (Wildman–Crippen MR) is 126 cm³/mol. The molecule has 31 heavy (non-hydrogen) atoms. The van der Waals surface area contributed by atoms with Crippen molar-refractivity contribution in [1.82, 2.24) is 25.3 Å².